The third-order valence-electron chi connectivity index (χ3n) is 3.11. The lowest BCUT2D eigenvalue weighted by molar-refractivity contribution is 0.405. The molecule has 21 heavy (non-hydrogen) atoms. The topological polar surface area (TPSA) is 97.5 Å². The van der Waals surface area contributed by atoms with Gasteiger partial charge in [0.1, 0.15) is 5.37 Å². The minimum Gasteiger partial charge on any atom is -0.398 e. The second-order valence-electron chi connectivity index (χ2n) is 4.66. The fourth-order valence-corrected chi connectivity index (χ4v) is 7.45. The van der Waals surface area contributed by atoms with Crippen molar-refractivity contribution < 1.29 is 16.8 Å². The summed E-state index contributed by atoms with van der Waals surface area (Å²) < 4.78 is 50.7. The molecule has 1 saturated heterocycles. The molecule has 0 aliphatic carbocycles. The summed E-state index contributed by atoms with van der Waals surface area (Å²) in [6, 6.07) is 4.29. The molecule has 1 fully saturated rings. The standard InChI is InChI=1S/C11H15BrN2O4S3/c1-20(15,16)11-7-19-5-4-14(11)21(17,18)8-2-3-9(12)10(13)6-8/h2-3,6,11H,4-5,7,13H2,1H3. The van der Waals surface area contributed by atoms with E-state index in [9.17, 15) is 16.8 Å². The van der Waals surface area contributed by atoms with Crippen LogP contribution >= 0.6 is 27.7 Å². The second kappa shape index (κ2) is 6.07. The molecule has 0 spiro atoms. The molecule has 0 saturated carbocycles. The zero-order chi connectivity index (χ0) is 15.8. The van der Waals surface area contributed by atoms with E-state index in [0.717, 1.165) is 10.6 Å². The molecule has 1 aliphatic rings. The van der Waals surface area contributed by atoms with Gasteiger partial charge in [0.2, 0.25) is 10.0 Å². The van der Waals surface area contributed by atoms with Crippen molar-refractivity contribution in [2.24, 2.45) is 0 Å². The lowest BCUT2D eigenvalue weighted by Crippen LogP contribution is -2.49. The summed E-state index contributed by atoms with van der Waals surface area (Å²) in [7, 11) is -7.39. The number of nitrogens with zero attached hydrogens (tertiary/aromatic N) is 1. The summed E-state index contributed by atoms with van der Waals surface area (Å²) in [6.45, 7) is 0.167. The van der Waals surface area contributed by atoms with Crippen molar-refractivity contribution in [2.45, 2.75) is 10.3 Å². The van der Waals surface area contributed by atoms with Crippen molar-refractivity contribution in [3.05, 3.63) is 22.7 Å². The summed E-state index contributed by atoms with van der Waals surface area (Å²) in [5, 5.41) is -1.04. The molecule has 10 heteroatoms. The quantitative estimate of drug-likeness (QED) is 0.744. The molecule has 1 aliphatic heterocycles. The molecule has 0 amide bonds. The third kappa shape index (κ3) is 3.55. The monoisotopic (exact) mass is 414 g/mol. The first-order valence-electron chi connectivity index (χ1n) is 5.97. The number of nitrogens with two attached hydrogens (primary N) is 1. The van der Waals surface area contributed by atoms with Gasteiger partial charge >= 0.3 is 0 Å². The molecule has 0 bridgehead atoms. The lowest BCUT2D eigenvalue weighted by Gasteiger charge is -2.33. The lowest BCUT2D eigenvalue weighted by atomic mass is 10.3. The molecule has 6 nitrogen and oxygen atoms in total. The number of sulfonamides is 1. The largest absolute Gasteiger partial charge is 0.398 e. The van der Waals surface area contributed by atoms with Crippen LogP contribution in [-0.4, -0.2) is 50.8 Å². The number of hydrogen-bond acceptors (Lipinski definition) is 6. The van der Waals surface area contributed by atoms with E-state index >= 15 is 0 Å². The van der Waals surface area contributed by atoms with E-state index in [1.807, 2.05) is 0 Å². The zero-order valence-corrected chi connectivity index (χ0v) is 15.2. The summed E-state index contributed by atoms with van der Waals surface area (Å²) in [5.41, 5.74) is 6.01. The first-order valence-corrected chi connectivity index (χ1v) is 11.3. The predicted molar refractivity (Wildman–Crippen MR) is 88.4 cm³/mol. The SMILES string of the molecule is CS(=O)(=O)C1CSCCN1S(=O)(=O)c1ccc(Br)c(N)c1. The summed E-state index contributed by atoms with van der Waals surface area (Å²) in [4.78, 5) is 0.00347. The predicted octanol–water partition coefficient (Wildman–Crippen LogP) is 1.14. The smallest absolute Gasteiger partial charge is 0.244 e. The van der Waals surface area contributed by atoms with Gasteiger partial charge in [-0.15, -0.1) is 0 Å². The highest BCUT2D eigenvalue weighted by Gasteiger charge is 2.39. The fraction of sp³-hybridized carbons (Fsp3) is 0.455. The minimum atomic E-state index is -3.89. The molecular weight excluding hydrogens is 400 g/mol. The Bertz CT molecular complexity index is 749. The van der Waals surface area contributed by atoms with Crippen molar-refractivity contribution in [1.82, 2.24) is 4.31 Å². The van der Waals surface area contributed by atoms with Gasteiger partial charge in [-0.1, -0.05) is 0 Å². The Morgan fingerprint density at radius 3 is 2.57 bits per heavy atom. The average molecular weight is 415 g/mol. The molecule has 1 aromatic rings. The maximum absolute atomic E-state index is 12.7. The number of halogens is 1. The Morgan fingerprint density at radius 1 is 1.33 bits per heavy atom. The Morgan fingerprint density at radius 2 is 2.00 bits per heavy atom. The van der Waals surface area contributed by atoms with Gasteiger partial charge in [0.15, 0.2) is 9.84 Å². The average Bonchev–Trinajstić information content (AvgIpc) is 2.41. The van der Waals surface area contributed by atoms with Crippen LogP contribution in [0.3, 0.4) is 0 Å². The Kier molecular flexibility index (Phi) is 4.94. The molecule has 0 aromatic heterocycles. The minimum absolute atomic E-state index is 0.00347. The van der Waals surface area contributed by atoms with E-state index in [0.29, 0.717) is 15.9 Å². The van der Waals surface area contributed by atoms with Gasteiger partial charge in [-0.3, -0.25) is 0 Å². The van der Waals surface area contributed by atoms with Gasteiger partial charge in [-0.25, -0.2) is 16.8 Å². The first kappa shape index (κ1) is 17.1. The van der Waals surface area contributed by atoms with Crippen molar-refractivity contribution in [1.29, 1.82) is 0 Å². The van der Waals surface area contributed by atoms with Gasteiger partial charge in [-0.05, 0) is 34.1 Å². The Hall–Kier alpha value is -0.290. The first-order chi connectivity index (χ1) is 9.64. The van der Waals surface area contributed by atoms with E-state index in [-0.39, 0.29) is 17.2 Å². The number of sulfone groups is 1. The van der Waals surface area contributed by atoms with Crippen molar-refractivity contribution in [3.63, 3.8) is 0 Å². The van der Waals surface area contributed by atoms with Crippen LogP contribution in [0.2, 0.25) is 0 Å². The van der Waals surface area contributed by atoms with E-state index < -0.39 is 25.2 Å². The van der Waals surface area contributed by atoms with E-state index in [2.05, 4.69) is 15.9 Å². The summed E-state index contributed by atoms with van der Waals surface area (Å²) in [5.74, 6) is 0.807. The van der Waals surface area contributed by atoms with Crippen LogP contribution in [0.1, 0.15) is 0 Å². The molecule has 0 radical (unpaired) electrons. The van der Waals surface area contributed by atoms with Crippen molar-refractivity contribution in [2.75, 3.05) is 30.0 Å². The normalized spacial score (nSPS) is 21.3. The van der Waals surface area contributed by atoms with E-state index in [1.165, 1.54) is 30.0 Å². The van der Waals surface area contributed by atoms with Crippen LogP contribution in [0.4, 0.5) is 5.69 Å². The van der Waals surface area contributed by atoms with Gasteiger partial charge < -0.3 is 5.73 Å². The molecule has 2 N–H and O–H groups in total. The van der Waals surface area contributed by atoms with Crippen LogP contribution in [0.15, 0.2) is 27.6 Å². The number of rotatable bonds is 3. The third-order valence-corrected chi connectivity index (χ3v) is 8.51. The molecular formula is C11H15BrN2O4S3. The highest BCUT2D eigenvalue weighted by atomic mass is 79.9. The van der Waals surface area contributed by atoms with Gasteiger partial charge in [0, 0.05) is 34.5 Å². The Balaban J connectivity index is 2.48. The summed E-state index contributed by atoms with van der Waals surface area (Å²) in [6.07, 6.45) is 1.06. The number of hydrogen-bond donors (Lipinski definition) is 1. The van der Waals surface area contributed by atoms with E-state index in [1.54, 1.807) is 0 Å². The molecule has 1 heterocycles. The van der Waals surface area contributed by atoms with Gasteiger partial charge in [0.25, 0.3) is 0 Å². The maximum Gasteiger partial charge on any atom is 0.244 e. The Labute approximate surface area is 137 Å². The van der Waals surface area contributed by atoms with Crippen LogP contribution in [0.25, 0.3) is 0 Å². The van der Waals surface area contributed by atoms with Crippen molar-refractivity contribution >= 4 is 53.2 Å². The van der Waals surface area contributed by atoms with Crippen LogP contribution < -0.4 is 5.73 Å². The molecule has 118 valence electrons. The number of nitrogen functional groups attached to an aromatic ring is 1. The molecule has 2 rings (SSSR count). The van der Waals surface area contributed by atoms with Gasteiger partial charge in [-0.2, -0.15) is 16.1 Å². The van der Waals surface area contributed by atoms with Crippen LogP contribution in [0.5, 0.6) is 0 Å². The summed E-state index contributed by atoms with van der Waals surface area (Å²) >= 11 is 4.64. The number of anilines is 1. The highest BCUT2D eigenvalue weighted by Crippen LogP contribution is 2.29. The number of benzene rings is 1. The van der Waals surface area contributed by atoms with Gasteiger partial charge in [0.05, 0.1) is 4.90 Å². The van der Waals surface area contributed by atoms with Crippen molar-refractivity contribution in [3.8, 4) is 0 Å². The second-order valence-corrected chi connectivity index (χ2v) is 10.8. The zero-order valence-electron chi connectivity index (χ0n) is 11.2. The molecule has 1 atom stereocenters. The molecule has 1 aromatic carbocycles. The fourth-order valence-electron chi connectivity index (χ4n) is 2.00. The van der Waals surface area contributed by atoms with Crippen LogP contribution in [-0.2, 0) is 19.9 Å². The number of thioether (sulfide) groups is 1. The molecule has 1 unspecified atom stereocenters. The maximum atomic E-state index is 12.7. The van der Waals surface area contributed by atoms with Crippen LogP contribution in [0, 0.1) is 0 Å². The van der Waals surface area contributed by atoms with E-state index in [4.69, 9.17) is 5.73 Å². The highest BCUT2D eigenvalue weighted by molar-refractivity contribution is 9.10.